The molecule has 0 radical (unpaired) electrons. The fraction of sp³-hybridized carbons (Fsp3) is 0.500. The molecule has 0 aliphatic heterocycles. The lowest BCUT2D eigenvalue weighted by Crippen LogP contribution is -2.10. The first-order valence-corrected chi connectivity index (χ1v) is 8.27. The molecule has 1 unspecified atom stereocenters. The third-order valence-electron chi connectivity index (χ3n) is 4.03. The van der Waals surface area contributed by atoms with Crippen LogP contribution in [0.2, 0.25) is 0 Å². The van der Waals surface area contributed by atoms with E-state index in [1.807, 2.05) is 11.7 Å². The zero-order valence-corrected chi connectivity index (χ0v) is 12.8. The molecule has 20 heavy (non-hydrogen) atoms. The second-order valence-corrected chi connectivity index (χ2v) is 6.36. The van der Waals surface area contributed by atoms with Crippen molar-refractivity contribution in [1.29, 1.82) is 0 Å². The van der Waals surface area contributed by atoms with Gasteiger partial charge in [-0.25, -0.2) is 9.97 Å². The normalized spacial score (nSPS) is 18.6. The molecule has 4 heteroatoms. The molecule has 0 aromatic carbocycles. The summed E-state index contributed by atoms with van der Waals surface area (Å²) in [6.45, 7) is 3.16. The van der Waals surface area contributed by atoms with Gasteiger partial charge in [0, 0.05) is 29.7 Å². The number of hydrogen-bond acceptors (Lipinski definition) is 3. The van der Waals surface area contributed by atoms with Gasteiger partial charge >= 0.3 is 0 Å². The number of nitrogens with zero attached hydrogens (tertiary/aromatic N) is 3. The molecule has 2 heterocycles. The van der Waals surface area contributed by atoms with Gasteiger partial charge in [0.15, 0.2) is 0 Å². The van der Waals surface area contributed by atoms with Gasteiger partial charge in [0.25, 0.3) is 0 Å². The summed E-state index contributed by atoms with van der Waals surface area (Å²) < 4.78 is 2.35. The van der Waals surface area contributed by atoms with E-state index in [-0.39, 0.29) is 0 Å². The average Bonchev–Trinajstić information content (AvgIpc) is 3.10. The van der Waals surface area contributed by atoms with Gasteiger partial charge < -0.3 is 4.57 Å². The predicted octanol–water partition coefficient (Wildman–Crippen LogP) is 4.10. The van der Waals surface area contributed by atoms with E-state index >= 15 is 0 Å². The third kappa shape index (κ3) is 3.01. The Balaban J connectivity index is 1.59. The van der Waals surface area contributed by atoms with Crippen LogP contribution in [0.5, 0.6) is 0 Å². The maximum absolute atomic E-state index is 4.59. The first-order chi connectivity index (χ1) is 9.84. The maximum Gasteiger partial charge on any atom is 0.112 e. The van der Waals surface area contributed by atoms with Crippen LogP contribution in [0.3, 0.4) is 0 Å². The summed E-state index contributed by atoms with van der Waals surface area (Å²) in [6, 6.07) is 0. The first kappa shape index (κ1) is 13.6. The van der Waals surface area contributed by atoms with Crippen molar-refractivity contribution in [3.63, 3.8) is 0 Å². The van der Waals surface area contributed by atoms with E-state index in [4.69, 9.17) is 0 Å². The molecular formula is C16H21N3S. The molecule has 1 aliphatic carbocycles. The summed E-state index contributed by atoms with van der Waals surface area (Å²) in [5.41, 5.74) is 3.14. The first-order valence-electron chi connectivity index (χ1n) is 7.39. The number of aryl methyl sites for hydroxylation is 3. The summed E-state index contributed by atoms with van der Waals surface area (Å²) >= 11 is 1.77. The Kier molecular flexibility index (Phi) is 4.31. The number of imidazole rings is 1. The van der Waals surface area contributed by atoms with Gasteiger partial charge in [0.1, 0.15) is 5.82 Å². The van der Waals surface area contributed by atoms with Crippen molar-refractivity contribution in [1.82, 2.24) is 14.5 Å². The minimum Gasteiger partial charge on any atom is -0.335 e. The molecule has 3 rings (SSSR count). The largest absolute Gasteiger partial charge is 0.335 e. The van der Waals surface area contributed by atoms with E-state index in [0.717, 1.165) is 25.8 Å². The van der Waals surface area contributed by atoms with Crippen LogP contribution in [0.15, 0.2) is 30.1 Å². The van der Waals surface area contributed by atoms with E-state index in [0.29, 0.717) is 5.92 Å². The number of thiazole rings is 1. The SMILES string of the molecule is Cc1ncsc1CCCn1ccnc1C1CC=CCC1. The van der Waals surface area contributed by atoms with Gasteiger partial charge in [-0.1, -0.05) is 12.2 Å². The van der Waals surface area contributed by atoms with Crippen molar-refractivity contribution in [3.05, 3.63) is 46.5 Å². The van der Waals surface area contributed by atoms with Gasteiger partial charge in [-0.15, -0.1) is 11.3 Å². The van der Waals surface area contributed by atoms with Crippen LogP contribution in [0.1, 0.15) is 48.0 Å². The Morgan fingerprint density at radius 2 is 2.30 bits per heavy atom. The molecular weight excluding hydrogens is 266 g/mol. The summed E-state index contributed by atoms with van der Waals surface area (Å²) in [6.07, 6.45) is 14.5. The fourth-order valence-corrected chi connectivity index (χ4v) is 3.70. The highest BCUT2D eigenvalue weighted by molar-refractivity contribution is 7.09. The fourth-order valence-electron chi connectivity index (χ4n) is 2.87. The van der Waals surface area contributed by atoms with E-state index in [9.17, 15) is 0 Å². The zero-order chi connectivity index (χ0) is 13.8. The Labute approximate surface area is 124 Å². The molecule has 0 bridgehead atoms. The Bertz CT molecular complexity index is 582. The smallest absolute Gasteiger partial charge is 0.112 e. The monoisotopic (exact) mass is 287 g/mol. The van der Waals surface area contributed by atoms with Crippen LogP contribution >= 0.6 is 11.3 Å². The highest BCUT2D eigenvalue weighted by Crippen LogP contribution is 2.28. The van der Waals surface area contributed by atoms with E-state index < -0.39 is 0 Å². The maximum atomic E-state index is 4.59. The van der Waals surface area contributed by atoms with Crippen LogP contribution in [0, 0.1) is 6.92 Å². The minimum absolute atomic E-state index is 0.611. The molecule has 3 nitrogen and oxygen atoms in total. The number of aromatic nitrogens is 3. The molecule has 2 aromatic heterocycles. The topological polar surface area (TPSA) is 30.7 Å². The number of rotatable bonds is 5. The minimum atomic E-state index is 0.611. The quantitative estimate of drug-likeness (QED) is 0.775. The van der Waals surface area contributed by atoms with Crippen LogP contribution in [-0.2, 0) is 13.0 Å². The van der Waals surface area contributed by atoms with Gasteiger partial charge in [-0.3, -0.25) is 0 Å². The van der Waals surface area contributed by atoms with Crippen molar-refractivity contribution in [2.75, 3.05) is 0 Å². The molecule has 0 saturated carbocycles. The molecule has 0 spiro atoms. The molecule has 1 aliphatic rings. The molecule has 0 fully saturated rings. The van der Waals surface area contributed by atoms with Gasteiger partial charge in [0.2, 0.25) is 0 Å². The second-order valence-electron chi connectivity index (χ2n) is 5.42. The molecule has 1 atom stereocenters. The lowest BCUT2D eigenvalue weighted by Gasteiger charge is -2.18. The lowest BCUT2D eigenvalue weighted by atomic mass is 9.93. The van der Waals surface area contributed by atoms with Crippen molar-refractivity contribution in [3.8, 4) is 0 Å². The van der Waals surface area contributed by atoms with Crippen molar-refractivity contribution < 1.29 is 0 Å². The van der Waals surface area contributed by atoms with Gasteiger partial charge in [-0.2, -0.15) is 0 Å². The Morgan fingerprint density at radius 3 is 3.05 bits per heavy atom. The van der Waals surface area contributed by atoms with Gasteiger partial charge in [-0.05, 0) is 39.0 Å². The Morgan fingerprint density at radius 1 is 1.35 bits per heavy atom. The molecule has 2 aromatic rings. The number of allylic oxidation sites excluding steroid dienone is 2. The van der Waals surface area contributed by atoms with Gasteiger partial charge in [0.05, 0.1) is 11.2 Å². The third-order valence-corrected chi connectivity index (χ3v) is 5.02. The highest BCUT2D eigenvalue weighted by atomic mass is 32.1. The van der Waals surface area contributed by atoms with Crippen molar-refractivity contribution in [2.24, 2.45) is 0 Å². The van der Waals surface area contributed by atoms with Crippen LogP contribution in [0.25, 0.3) is 0 Å². The molecule has 106 valence electrons. The highest BCUT2D eigenvalue weighted by Gasteiger charge is 2.17. The van der Waals surface area contributed by atoms with E-state index in [1.54, 1.807) is 11.3 Å². The summed E-state index contributed by atoms with van der Waals surface area (Å²) in [4.78, 5) is 10.3. The standard InChI is InChI=1S/C16H21N3S/c1-13-15(20-12-18-13)8-5-10-19-11-9-17-16(19)14-6-3-2-4-7-14/h2-3,9,11-12,14H,4-8,10H2,1H3. The summed E-state index contributed by atoms with van der Waals surface area (Å²) in [5.74, 6) is 1.88. The summed E-state index contributed by atoms with van der Waals surface area (Å²) in [7, 11) is 0. The lowest BCUT2D eigenvalue weighted by molar-refractivity contribution is 0.525. The van der Waals surface area contributed by atoms with Crippen LogP contribution in [0.4, 0.5) is 0 Å². The molecule has 0 saturated heterocycles. The molecule has 0 amide bonds. The second kappa shape index (κ2) is 6.35. The zero-order valence-electron chi connectivity index (χ0n) is 12.0. The van der Waals surface area contributed by atoms with Crippen molar-refractivity contribution >= 4 is 11.3 Å². The van der Waals surface area contributed by atoms with E-state index in [1.165, 1.54) is 29.2 Å². The number of hydrogen-bond donors (Lipinski definition) is 0. The van der Waals surface area contributed by atoms with Crippen molar-refractivity contribution in [2.45, 2.75) is 51.5 Å². The summed E-state index contributed by atoms with van der Waals surface area (Å²) in [5, 5.41) is 0. The van der Waals surface area contributed by atoms with E-state index in [2.05, 4.69) is 39.8 Å². The Hall–Kier alpha value is -1.42. The average molecular weight is 287 g/mol. The predicted molar refractivity (Wildman–Crippen MR) is 83.1 cm³/mol. The van der Waals surface area contributed by atoms with Crippen LogP contribution in [-0.4, -0.2) is 14.5 Å². The van der Waals surface area contributed by atoms with Crippen LogP contribution < -0.4 is 0 Å². The molecule has 0 N–H and O–H groups in total.